The van der Waals surface area contributed by atoms with E-state index in [1.165, 1.54) is 6.07 Å². The molecule has 90 valence electrons. The highest BCUT2D eigenvalue weighted by Gasteiger charge is 2.06. The van der Waals surface area contributed by atoms with Crippen molar-refractivity contribution in [3.63, 3.8) is 0 Å². The molecule has 2 rings (SSSR count). The van der Waals surface area contributed by atoms with E-state index in [0.29, 0.717) is 13.1 Å². The Hall–Kier alpha value is -1.39. The molecule has 1 aromatic heterocycles. The van der Waals surface area contributed by atoms with Crippen LogP contribution in [-0.2, 0) is 13.0 Å². The molecule has 0 atom stereocenters. The molecule has 0 aliphatic rings. The van der Waals surface area contributed by atoms with Crippen LogP contribution in [0, 0.1) is 5.82 Å². The van der Waals surface area contributed by atoms with E-state index < -0.39 is 5.82 Å². The molecule has 2 N–H and O–H groups in total. The van der Waals surface area contributed by atoms with Crippen LogP contribution in [0.5, 0.6) is 0 Å². The highest BCUT2D eigenvalue weighted by atomic mass is 35.5. The van der Waals surface area contributed by atoms with E-state index >= 15 is 0 Å². The number of hydrogen-bond donors (Lipinski definition) is 1. The van der Waals surface area contributed by atoms with Crippen LogP contribution in [-0.4, -0.2) is 16.1 Å². The van der Waals surface area contributed by atoms with Gasteiger partial charge in [-0.15, -0.1) is 0 Å². The maximum atomic E-state index is 13.2. The average Bonchev–Trinajstić information content (AvgIpc) is 2.73. The summed E-state index contributed by atoms with van der Waals surface area (Å²) in [4.78, 5) is 4.20. The lowest BCUT2D eigenvalue weighted by atomic mass is 10.2. The lowest BCUT2D eigenvalue weighted by Gasteiger charge is -2.05. The summed E-state index contributed by atoms with van der Waals surface area (Å²) in [5.41, 5.74) is 7.12. The third-order valence-corrected chi connectivity index (χ3v) is 2.89. The second-order valence-corrected chi connectivity index (χ2v) is 4.17. The maximum Gasteiger partial charge on any atom is 0.142 e. The van der Waals surface area contributed by atoms with Crippen LogP contribution in [0.2, 0.25) is 5.02 Å². The Bertz CT molecular complexity index is 510. The van der Waals surface area contributed by atoms with E-state index in [1.54, 1.807) is 18.5 Å². The van der Waals surface area contributed by atoms with Gasteiger partial charge in [-0.1, -0.05) is 23.7 Å². The molecule has 0 spiro atoms. The molecule has 0 fully saturated rings. The molecule has 2 aromatic rings. The van der Waals surface area contributed by atoms with Gasteiger partial charge in [-0.05, 0) is 18.2 Å². The smallest absolute Gasteiger partial charge is 0.142 e. The molecule has 5 heteroatoms. The number of hydrogen-bond acceptors (Lipinski definition) is 2. The van der Waals surface area contributed by atoms with Gasteiger partial charge in [0, 0.05) is 12.6 Å². The van der Waals surface area contributed by atoms with E-state index in [0.717, 1.165) is 17.7 Å². The van der Waals surface area contributed by atoms with Crippen LogP contribution >= 0.6 is 11.6 Å². The number of nitrogens with two attached hydrogens (primary N) is 1. The lowest BCUT2D eigenvalue weighted by molar-refractivity contribution is 0.624. The van der Waals surface area contributed by atoms with Gasteiger partial charge in [-0.3, -0.25) is 0 Å². The fourth-order valence-corrected chi connectivity index (χ4v) is 1.82. The van der Waals surface area contributed by atoms with E-state index in [1.807, 2.05) is 10.8 Å². The van der Waals surface area contributed by atoms with Gasteiger partial charge in [-0.2, -0.15) is 0 Å². The van der Waals surface area contributed by atoms with Crippen LogP contribution < -0.4 is 5.73 Å². The summed E-state index contributed by atoms with van der Waals surface area (Å²) in [5, 5.41) is 0.168. The summed E-state index contributed by atoms with van der Waals surface area (Å²) in [6.45, 7) is 1.08. The van der Waals surface area contributed by atoms with Crippen molar-refractivity contribution < 1.29 is 4.39 Å². The van der Waals surface area contributed by atoms with Gasteiger partial charge < -0.3 is 10.3 Å². The molecule has 0 aliphatic carbocycles. The Labute approximate surface area is 104 Å². The molecule has 0 saturated carbocycles. The Morgan fingerprint density at radius 3 is 3.00 bits per heavy atom. The third kappa shape index (κ3) is 2.84. The first-order valence-electron chi connectivity index (χ1n) is 5.34. The lowest BCUT2D eigenvalue weighted by Crippen LogP contribution is -2.03. The molecule has 0 amide bonds. The van der Waals surface area contributed by atoms with Crippen molar-refractivity contribution in [2.24, 2.45) is 5.73 Å². The number of aromatic nitrogens is 2. The van der Waals surface area contributed by atoms with Crippen LogP contribution in [0.25, 0.3) is 0 Å². The summed E-state index contributed by atoms with van der Waals surface area (Å²) >= 11 is 5.88. The summed E-state index contributed by atoms with van der Waals surface area (Å²) in [7, 11) is 0. The van der Waals surface area contributed by atoms with Gasteiger partial charge in [-0.25, -0.2) is 9.37 Å². The molecule has 3 nitrogen and oxygen atoms in total. The van der Waals surface area contributed by atoms with Crippen molar-refractivity contribution >= 4 is 11.6 Å². The van der Waals surface area contributed by atoms with Gasteiger partial charge in [0.15, 0.2) is 0 Å². The molecule has 17 heavy (non-hydrogen) atoms. The van der Waals surface area contributed by atoms with Gasteiger partial charge in [0.1, 0.15) is 5.82 Å². The van der Waals surface area contributed by atoms with Crippen molar-refractivity contribution in [2.75, 3.05) is 6.54 Å². The fraction of sp³-hybridized carbons (Fsp3) is 0.250. The topological polar surface area (TPSA) is 43.8 Å². The number of imidazole rings is 1. The quantitative estimate of drug-likeness (QED) is 0.908. The minimum atomic E-state index is -0.397. The predicted octanol–water partition coefficient (Wildman–Crippen LogP) is 2.23. The molecule has 0 bridgehead atoms. The molecular weight excluding hydrogens is 241 g/mol. The molecule has 0 aliphatic heterocycles. The Kier molecular flexibility index (Phi) is 3.76. The average molecular weight is 254 g/mol. The van der Waals surface area contributed by atoms with E-state index in [9.17, 15) is 4.39 Å². The molecular formula is C12H13ClFN3. The standard InChI is InChI=1S/C12H13ClFN3/c13-12-9(2-1-3-11(12)14)6-17-7-10(4-5-15)16-8-17/h1-3,7-8H,4-6,15H2. The molecule has 0 radical (unpaired) electrons. The van der Waals surface area contributed by atoms with E-state index in [4.69, 9.17) is 17.3 Å². The zero-order valence-corrected chi connectivity index (χ0v) is 9.99. The van der Waals surface area contributed by atoms with Crippen molar-refractivity contribution in [1.82, 2.24) is 9.55 Å². The first-order valence-corrected chi connectivity index (χ1v) is 5.72. The van der Waals surface area contributed by atoms with Gasteiger partial charge >= 0.3 is 0 Å². The van der Waals surface area contributed by atoms with E-state index in [-0.39, 0.29) is 5.02 Å². The first kappa shape index (κ1) is 12.1. The van der Waals surface area contributed by atoms with Crippen molar-refractivity contribution in [1.29, 1.82) is 0 Å². The Balaban J connectivity index is 2.16. The number of halogens is 2. The third-order valence-electron chi connectivity index (χ3n) is 2.47. The van der Waals surface area contributed by atoms with Crippen molar-refractivity contribution in [3.8, 4) is 0 Å². The van der Waals surface area contributed by atoms with Crippen LogP contribution in [0.15, 0.2) is 30.7 Å². The van der Waals surface area contributed by atoms with E-state index in [2.05, 4.69) is 4.98 Å². The summed E-state index contributed by atoms with van der Waals surface area (Å²) < 4.78 is 15.1. The summed E-state index contributed by atoms with van der Waals surface area (Å²) in [6.07, 6.45) is 4.34. The minimum Gasteiger partial charge on any atom is -0.333 e. The highest BCUT2D eigenvalue weighted by Crippen LogP contribution is 2.20. The molecule has 0 unspecified atom stereocenters. The first-order chi connectivity index (χ1) is 8.20. The zero-order chi connectivity index (χ0) is 12.3. The van der Waals surface area contributed by atoms with Gasteiger partial charge in [0.05, 0.1) is 23.6 Å². The largest absolute Gasteiger partial charge is 0.333 e. The van der Waals surface area contributed by atoms with Crippen molar-refractivity contribution in [3.05, 3.63) is 52.8 Å². The minimum absolute atomic E-state index is 0.168. The van der Waals surface area contributed by atoms with Crippen molar-refractivity contribution in [2.45, 2.75) is 13.0 Å². The Morgan fingerprint density at radius 2 is 2.24 bits per heavy atom. The molecule has 1 aromatic carbocycles. The normalized spacial score (nSPS) is 10.8. The van der Waals surface area contributed by atoms with Crippen LogP contribution in [0.4, 0.5) is 4.39 Å². The molecule has 0 saturated heterocycles. The van der Waals surface area contributed by atoms with Gasteiger partial charge in [0.25, 0.3) is 0 Å². The summed E-state index contributed by atoms with van der Waals surface area (Å²) in [6, 6.07) is 4.79. The number of benzene rings is 1. The zero-order valence-electron chi connectivity index (χ0n) is 9.24. The second kappa shape index (κ2) is 5.29. The summed E-state index contributed by atoms with van der Waals surface area (Å²) in [5.74, 6) is -0.397. The SMILES string of the molecule is NCCc1cn(Cc2cccc(F)c2Cl)cn1. The monoisotopic (exact) mass is 253 g/mol. The second-order valence-electron chi connectivity index (χ2n) is 3.79. The maximum absolute atomic E-state index is 13.2. The predicted molar refractivity (Wildman–Crippen MR) is 65.5 cm³/mol. The van der Waals surface area contributed by atoms with Gasteiger partial charge in [0.2, 0.25) is 0 Å². The highest BCUT2D eigenvalue weighted by molar-refractivity contribution is 6.31. The number of nitrogens with zero attached hydrogens (tertiary/aromatic N) is 2. The number of rotatable bonds is 4. The van der Waals surface area contributed by atoms with Crippen LogP contribution in [0.3, 0.4) is 0 Å². The fourth-order valence-electron chi connectivity index (χ4n) is 1.64. The van der Waals surface area contributed by atoms with Crippen LogP contribution in [0.1, 0.15) is 11.3 Å². The Morgan fingerprint density at radius 1 is 1.41 bits per heavy atom. The molecule has 1 heterocycles.